The lowest BCUT2D eigenvalue weighted by Gasteiger charge is -2.41. The fraction of sp³-hybridized carbons (Fsp3) is 0.727. The van der Waals surface area contributed by atoms with E-state index in [0.717, 1.165) is 0 Å². The van der Waals surface area contributed by atoms with E-state index in [-0.39, 0.29) is 48.3 Å². The van der Waals surface area contributed by atoms with Gasteiger partial charge in [-0.25, -0.2) is 0 Å². The molecular weight excluding hydrogens is 773 g/mol. The van der Waals surface area contributed by atoms with Crippen molar-refractivity contribution >= 4 is 35.5 Å². The number of esters is 1. The molecule has 1 aromatic rings. The van der Waals surface area contributed by atoms with Gasteiger partial charge in [-0.15, -0.1) is 0 Å². The van der Waals surface area contributed by atoms with Gasteiger partial charge in [0.25, 0.3) is 0 Å². The Hall–Kier alpha value is -4.12. The number of aliphatic hydroxyl groups is 1. The van der Waals surface area contributed by atoms with E-state index in [1.165, 1.54) is 14.2 Å². The van der Waals surface area contributed by atoms with Crippen LogP contribution < -0.4 is 16.0 Å². The maximum Gasteiger partial charge on any atom is 0.325 e. The molecule has 16 heteroatoms. The summed E-state index contributed by atoms with van der Waals surface area (Å²) in [7, 11) is 8.30. The van der Waals surface area contributed by atoms with Crippen LogP contribution in [0.15, 0.2) is 30.3 Å². The Kier molecular flexibility index (Phi) is 20.7. The standard InChI is InChI=1S/C44H74N6O10/c1-13-29(6)39(49(10)44(57)37(27(2)3)47-43(56)38(28(4)5)48(8)9)34(58-11)25-35(52)50-21-17-20-33(50)40(59-12)30(7)41(54)46-32(24-31-18-15-14-16-19-31)42(55)45-26-36(53)60-23-22-51/h14-16,18-19,27-30,32-34,37-40,51H,13,17,20-26H2,1-12H3,(H,45,55)(H,46,54)(H,47,56)/i26D2. The third-order valence-corrected chi connectivity index (χ3v) is 11.5. The maximum atomic E-state index is 14.3. The predicted molar refractivity (Wildman–Crippen MR) is 228 cm³/mol. The van der Waals surface area contributed by atoms with Gasteiger partial charge < -0.3 is 45.1 Å². The first-order chi connectivity index (χ1) is 29.1. The number of ether oxygens (including phenoxy) is 3. The molecule has 16 nitrogen and oxygen atoms in total. The molecule has 4 N–H and O–H groups in total. The van der Waals surface area contributed by atoms with Crippen molar-refractivity contribution in [3.63, 3.8) is 0 Å². The predicted octanol–water partition coefficient (Wildman–Crippen LogP) is 2.01. The summed E-state index contributed by atoms with van der Waals surface area (Å²) in [6.07, 6.45) is 0.189. The number of carbonyl (C=O) groups excluding carboxylic acids is 6. The molecule has 1 aromatic carbocycles. The van der Waals surface area contributed by atoms with Crippen molar-refractivity contribution in [1.82, 2.24) is 30.7 Å². The van der Waals surface area contributed by atoms with Gasteiger partial charge in [-0.05, 0) is 50.3 Å². The van der Waals surface area contributed by atoms with Gasteiger partial charge in [0.05, 0.1) is 52.0 Å². The highest BCUT2D eigenvalue weighted by atomic mass is 16.5. The Balaban J connectivity index is 2.34. The number of rotatable bonds is 25. The number of carbonyl (C=O) groups is 6. The second kappa shape index (κ2) is 25.6. The largest absolute Gasteiger partial charge is 0.462 e. The number of likely N-dealkylation sites (N-methyl/N-ethyl adjacent to an activating group) is 2. The SMILES string of the molecule is [2H]C([2H])(NC(=O)C(Cc1ccccc1)NC(=O)C(C)C(OC)C1CCCN1C(=O)CC(OC)C(C(C)CC)N(C)C(=O)C(NC(=O)C(C(C)C)N(C)C)C(C)C)C(=O)OCCO. The summed E-state index contributed by atoms with van der Waals surface area (Å²) in [6, 6.07) is 5.11. The second-order valence-corrected chi connectivity index (χ2v) is 16.7. The van der Waals surface area contributed by atoms with Gasteiger partial charge in [0, 0.05) is 34.2 Å². The van der Waals surface area contributed by atoms with Gasteiger partial charge in [-0.3, -0.25) is 33.7 Å². The summed E-state index contributed by atoms with van der Waals surface area (Å²) < 4.78 is 32.8. The normalized spacial score (nSPS) is 18.9. The highest BCUT2D eigenvalue weighted by molar-refractivity contribution is 5.91. The third kappa shape index (κ3) is 14.8. The van der Waals surface area contributed by atoms with E-state index >= 15 is 0 Å². The summed E-state index contributed by atoms with van der Waals surface area (Å²) in [5.74, 6) is -4.99. The number of benzene rings is 1. The van der Waals surface area contributed by atoms with Crippen LogP contribution in [0.2, 0.25) is 0 Å². The van der Waals surface area contributed by atoms with Crippen LogP contribution in [0, 0.1) is 23.7 Å². The van der Waals surface area contributed by atoms with E-state index in [9.17, 15) is 28.8 Å². The molecule has 1 fully saturated rings. The summed E-state index contributed by atoms with van der Waals surface area (Å²) in [6.45, 7) is 9.72. The van der Waals surface area contributed by atoms with Crippen molar-refractivity contribution in [2.75, 3.05) is 61.6 Å². The Morgan fingerprint density at radius 1 is 0.917 bits per heavy atom. The van der Waals surface area contributed by atoms with E-state index in [2.05, 4.69) is 15.4 Å². The van der Waals surface area contributed by atoms with Crippen molar-refractivity contribution < 1.29 is 50.8 Å². The van der Waals surface area contributed by atoms with Crippen molar-refractivity contribution in [3.05, 3.63) is 35.9 Å². The van der Waals surface area contributed by atoms with Gasteiger partial charge in [-0.1, -0.05) is 85.2 Å². The van der Waals surface area contributed by atoms with E-state index in [1.54, 1.807) is 54.1 Å². The van der Waals surface area contributed by atoms with Crippen LogP contribution in [0.25, 0.3) is 0 Å². The first-order valence-electron chi connectivity index (χ1n) is 22.1. The lowest BCUT2D eigenvalue weighted by molar-refractivity contribution is -0.148. The number of amides is 5. The van der Waals surface area contributed by atoms with Crippen LogP contribution in [0.5, 0.6) is 0 Å². The van der Waals surface area contributed by atoms with Gasteiger partial charge in [0.1, 0.15) is 25.2 Å². The van der Waals surface area contributed by atoms with Crippen LogP contribution in [0.3, 0.4) is 0 Å². The summed E-state index contributed by atoms with van der Waals surface area (Å²) in [5.41, 5.74) is 0.657. The minimum Gasteiger partial charge on any atom is -0.462 e. The number of nitrogens with zero attached hydrogens (tertiary/aromatic N) is 3. The number of nitrogens with one attached hydrogen (secondary N) is 3. The Morgan fingerprint density at radius 3 is 2.10 bits per heavy atom. The summed E-state index contributed by atoms with van der Waals surface area (Å²) >= 11 is 0. The van der Waals surface area contributed by atoms with Crippen LogP contribution in [-0.2, 0) is 49.4 Å². The topological polar surface area (TPSA) is 196 Å². The second-order valence-electron chi connectivity index (χ2n) is 16.7. The average Bonchev–Trinajstić information content (AvgIpc) is 3.70. The van der Waals surface area contributed by atoms with E-state index in [4.69, 9.17) is 17.3 Å². The smallest absolute Gasteiger partial charge is 0.325 e. The lowest BCUT2D eigenvalue weighted by Crippen LogP contribution is -2.59. The number of aliphatic hydroxyl groups excluding tert-OH is 1. The van der Waals surface area contributed by atoms with E-state index < -0.39 is 85.8 Å². The quantitative estimate of drug-likeness (QED) is 0.105. The zero-order valence-electron chi connectivity index (χ0n) is 39.9. The molecule has 1 saturated heterocycles. The van der Waals surface area contributed by atoms with E-state index in [0.29, 0.717) is 31.4 Å². The number of methoxy groups -OCH3 is 2. The summed E-state index contributed by atoms with van der Waals surface area (Å²) in [5, 5.41) is 16.7. The zero-order chi connectivity index (χ0) is 47.1. The zero-order valence-corrected chi connectivity index (χ0v) is 37.9. The first-order valence-corrected chi connectivity index (χ1v) is 21.1. The Morgan fingerprint density at radius 2 is 1.57 bits per heavy atom. The molecule has 0 saturated carbocycles. The van der Waals surface area contributed by atoms with Gasteiger partial charge >= 0.3 is 5.97 Å². The van der Waals surface area contributed by atoms with Crippen molar-refractivity contribution in [3.8, 4) is 0 Å². The molecule has 9 atom stereocenters. The molecule has 0 aliphatic carbocycles. The van der Waals surface area contributed by atoms with Gasteiger partial charge in [-0.2, -0.15) is 0 Å². The molecular formula is C44H74N6O10. The molecule has 60 heavy (non-hydrogen) atoms. The first kappa shape index (κ1) is 48.5. The molecule has 9 unspecified atom stereocenters. The van der Waals surface area contributed by atoms with Crippen molar-refractivity contribution in [2.24, 2.45) is 23.7 Å². The van der Waals surface area contributed by atoms with Gasteiger partial charge in [0.2, 0.25) is 29.5 Å². The lowest BCUT2D eigenvalue weighted by atomic mass is 9.89. The molecule has 0 aromatic heterocycles. The minimum atomic E-state index is -2.96. The van der Waals surface area contributed by atoms with Crippen molar-refractivity contribution in [2.45, 2.75) is 123 Å². The average molecular weight is 849 g/mol. The number of hydrogen-bond donors (Lipinski definition) is 4. The molecule has 0 spiro atoms. The molecule has 0 radical (unpaired) electrons. The van der Waals surface area contributed by atoms with Crippen LogP contribution >= 0.6 is 0 Å². The third-order valence-electron chi connectivity index (χ3n) is 11.5. The van der Waals surface area contributed by atoms with Crippen LogP contribution in [0.4, 0.5) is 0 Å². The molecule has 5 amide bonds. The van der Waals surface area contributed by atoms with Crippen LogP contribution in [-0.4, -0.2) is 159 Å². The van der Waals surface area contributed by atoms with Crippen LogP contribution in [0.1, 0.15) is 82.5 Å². The highest BCUT2D eigenvalue weighted by Crippen LogP contribution is 2.30. The van der Waals surface area contributed by atoms with E-state index in [1.807, 2.05) is 65.9 Å². The highest BCUT2D eigenvalue weighted by Gasteiger charge is 2.43. The molecule has 340 valence electrons. The molecule has 1 heterocycles. The number of hydrogen-bond acceptors (Lipinski definition) is 11. The fourth-order valence-electron chi connectivity index (χ4n) is 8.15. The summed E-state index contributed by atoms with van der Waals surface area (Å²) in [4.78, 5) is 87.1. The minimum absolute atomic E-state index is 0.00618. The molecule has 2 rings (SSSR count). The molecule has 1 aliphatic heterocycles. The molecule has 1 aliphatic rings. The number of likely N-dealkylation sites (tertiary alicyclic amines) is 1. The Labute approximate surface area is 360 Å². The Bertz CT molecular complexity index is 1610. The fourth-order valence-corrected chi connectivity index (χ4v) is 8.15. The van der Waals surface area contributed by atoms with Crippen molar-refractivity contribution in [1.29, 1.82) is 0 Å². The monoisotopic (exact) mass is 849 g/mol. The molecule has 0 bridgehead atoms. The maximum absolute atomic E-state index is 14.3. The van der Waals surface area contributed by atoms with Gasteiger partial charge in [0.15, 0.2) is 0 Å².